The monoisotopic (exact) mass is 192 g/mol. The van der Waals surface area contributed by atoms with Gasteiger partial charge in [0.15, 0.2) is 17.0 Å². The summed E-state index contributed by atoms with van der Waals surface area (Å²) in [5.41, 5.74) is 0.738. The van der Waals surface area contributed by atoms with Crippen molar-refractivity contribution in [1.82, 2.24) is 5.16 Å². The topological polar surface area (TPSA) is 73.1 Å². The first-order valence-electron chi connectivity index (χ1n) is 3.85. The molecule has 6 nitrogen and oxygen atoms in total. The molecular weight excluding hydrogens is 186 g/mol. The quantitative estimate of drug-likeness (QED) is 0.402. The van der Waals surface area contributed by atoms with E-state index in [0.717, 1.165) is 0 Å². The largest absolute Gasteiger partial charge is 0.269 e. The Bertz CT molecular complexity index is 435. The van der Waals surface area contributed by atoms with Crippen molar-refractivity contribution in [2.75, 3.05) is 0 Å². The molecule has 14 heavy (non-hydrogen) atoms. The number of hydrogen-bond acceptors (Lipinski definition) is 4. The molecule has 0 spiro atoms. The van der Waals surface area contributed by atoms with E-state index in [2.05, 4.69) is 5.16 Å². The van der Waals surface area contributed by atoms with Gasteiger partial charge in [0.25, 0.3) is 5.69 Å². The molecule has 0 saturated carbocycles. The summed E-state index contributed by atoms with van der Waals surface area (Å²) in [6.45, 7) is 0. The molecule has 0 saturated heterocycles. The van der Waals surface area contributed by atoms with Gasteiger partial charge < -0.3 is 0 Å². The first-order chi connectivity index (χ1) is 6.77. The van der Waals surface area contributed by atoms with Gasteiger partial charge in [-0.25, -0.2) is 0 Å². The van der Waals surface area contributed by atoms with Crippen LogP contribution in [0.25, 0.3) is 5.69 Å². The van der Waals surface area contributed by atoms with E-state index >= 15 is 0 Å². The number of benzene rings is 1. The zero-order chi connectivity index (χ0) is 9.97. The zero-order valence-electron chi connectivity index (χ0n) is 7.03. The summed E-state index contributed by atoms with van der Waals surface area (Å²) < 4.78 is 6.22. The molecule has 0 amide bonds. The van der Waals surface area contributed by atoms with Crippen LogP contribution in [0.4, 0.5) is 5.69 Å². The second kappa shape index (κ2) is 3.25. The highest BCUT2D eigenvalue weighted by atomic mass is 16.6. The summed E-state index contributed by atoms with van der Waals surface area (Å²) in [7, 11) is 0. The van der Waals surface area contributed by atoms with Crippen LogP contribution in [0, 0.1) is 10.1 Å². The van der Waals surface area contributed by atoms with Crippen molar-refractivity contribution in [2.24, 2.45) is 0 Å². The third kappa shape index (κ3) is 1.45. The SMILES string of the molecule is O=[N+]([O-])c1ccc(-[n+]2ccno2)cc1. The van der Waals surface area contributed by atoms with Crippen molar-refractivity contribution in [2.45, 2.75) is 0 Å². The predicted octanol–water partition coefficient (Wildman–Crippen LogP) is 0.859. The van der Waals surface area contributed by atoms with Crippen LogP contribution in [0.15, 0.2) is 41.3 Å². The third-order valence-electron chi connectivity index (χ3n) is 1.71. The first kappa shape index (κ1) is 8.36. The Morgan fingerprint density at radius 2 is 2.07 bits per heavy atom. The Labute approximate surface area is 78.5 Å². The second-order valence-corrected chi connectivity index (χ2v) is 2.58. The van der Waals surface area contributed by atoms with Crippen LogP contribution in [0.5, 0.6) is 0 Å². The maximum Gasteiger partial charge on any atom is 0.269 e. The fraction of sp³-hybridized carbons (Fsp3) is 0. The molecule has 70 valence electrons. The van der Waals surface area contributed by atoms with Crippen molar-refractivity contribution < 1.29 is 14.3 Å². The van der Waals surface area contributed by atoms with Gasteiger partial charge in [0.05, 0.1) is 4.92 Å². The number of non-ortho nitro benzene ring substituents is 1. The Balaban J connectivity index is 2.36. The van der Waals surface area contributed by atoms with Gasteiger partial charge in [0, 0.05) is 12.1 Å². The van der Waals surface area contributed by atoms with Gasteiger partial charge in [-0.15, -0.1) is 0 Å². The standard InChI is InChI=1S/C8H6N3O3/c12-11(13)8-3-1-7(2-4-8)10-6-5-9-14-10/h1-6H/q+1. The van der Waals surface area contributed by atoms with Crippen molar-refractivity contribution >= 4 is 5.69 Å². The molecule has 0 aliphatic rings. The Hall–Kier alpha value is -2.24. The Morgan fingerprint density at radius 1 is 1.36 bits per heavy atom. The molecule has 0 fully saturated rings. The van der Waals surface area contributed by atoms with Gasteiger partial charge in [0.1, 0.15) is 0 Å². The predicted molar refractivity (Wildman–Crippen MR) is 44.7 cm³/mol. The van der Waals surface area contributed by atoms with Crippen LogP contribution >= 0.6 is 0 Å². The highest BCUT2D eigenvalue weighted by Crippen LogP contribution is 2.11. The van der Waals surface area contributed by atoms with E-state index in [0.29, 0.717) is 5.69 Å². The van der Waals surface area contributed by atoms with Gasteiger partial charge in [0.2, 0.25) is 6.20 Å². The van der Waals surface area contributed by atoms with Crippen LogP contribution in [-0.2, 0) is 0 Å². The molecule has 0 atom stereocenters. The van der Waals surface area contributed by atoms with E-state index in [1.54, 1.807) is 18.3 Å². The maximum atomic E-state index is 10.4. The number of nitro groups is 1. The van der Waals surface area contributed by atoms with Crippen molar-refractivity contribution in [3.8, 4) is 5.69 Å². The average Bonchev–Trinajstić information content (AvgIpc) is 2.71. The average molecular weight is 192 g/mol. The summed E-state index contributed by atoms with van der Waals surface area (Å²) in [6, 6.07) is 5.99. The van der Waals surface area contributed by atoms with Crippen molar-refractivity contribution in [1.29, 1.82) is 0 Å². The van der Waals surface area contributed by atoms with Crippen molar-refractivity contribution in [3.05, 3.63) is 46.8 Å². The fourth-order valence-corrected chi connectivity index (χ4v) is 1.05. The second-order valence-electron chi connectivity index (χ2n) is 2.58. The van der Waals surface area contributed by atoms with Crippen molar-refractivity contribution in [3.63, 3.8) is 0 Å². The fourth-order valence-electron chi connectivity index (χ4n) is 1.05. The molecule has 0 radical (unpaired) electrons. The summed E-state index contributed by atoms with van der Waals surface area (Å²) in [5, 5.41) is 13.9. The highest BCUT2D eigenvalue weighted by Gasteiger charge is 2.09. The highest BCUT2D eigenvalue weighted by molar-refractivity contribution is 5.35. The molecular formula is C8H6N3O3+. The molecule has 0 aliphatic heterocycles. The van der Waals surface area contributed by atoms with Gasteiger partial charge in [-0.05, 0) is 16.9 Å². The number of aromatic nitrogens is 2. The molecule has 1 aromatic heterocycles. The molecule has 1 aromatic carbocycles. The van der Waals surface area contributed by atoms with Crippen LogP contribution < -0.4 is 4.74 Å². The van der Waals surface area contributed by atoms with E-state index < -0.39 is 4.92 Å². The van der Waals surface area contributed by atoms with E-state index in [-0.39, 0.29) is 5.69 Å². The number of hydrogen-bond donors (Lipinski definition) is 0. The molecule has 0 bridgehead atoms. The molecule has 0 unspecified atom stereocenters. The third-order valence-corrected chi connectivity index (χ3v) is 1.71. The minimum absolute atomic E-state index is 0.0499. The van der Waals surface area contributed by atoms with E-state index in [1.165, 1.54) is 23.1 Å². The lowest BCUT2D eigenvalue weighted by molar-refractivity contribution is -0.794. The van der Waals surface area contributed by atoms with E-state index in [9.17, 15) is 10.1 Å². The lowest BCUT2D eigenvalue weighted by Crippen LogP contribution is -2.26. The summed E-state index contributed by atoms with van der Waals surface area (Å²) in [4.78, 5) is 9.91. The Morgan fingerprint density at radius 3 is 2.57 bits per heavy atom. The number of nitro benzene ring substituents is 1. The molecule has 0 N–H and O–H groups in total. The smallest absolute Gasteiger partial charge is 0.258 e. The van der Waals surface area contributed by atoms with Gasteiger partial charge in [-0.2, -0.15) is 0 Å². The summed E-state index contributed by atoms with van der Waals surface area (Å²) in [5.74, 6) is 0. The molecule has 1 heterocycles. The molecule has 0 aliphatic carbocycles. The van der Waals surface area contributed by atoms with Gasteiger partial charge in [-0.3, -0.25) is 10.1 Å². The minimum Gasteiger partial charge on any atom is -0.258 e. The first-order valence-corrected chi connectivity index (χ1v) is 3.85. The van der Waals surface area contributed by atoms with Crippen LogP contribution in [0.2, 0.25) is 0 Å². The normalized spacial score (nSPS) is 10.0. The summed E-state index contributed by atoms with van der Waals surface area (Å²) in [6.07, 6.45) is 3.10. The molecule has 2 aromatic rings. The summed E-state index contributed by atoms with van der Waals surface area (Å²) >= 11 is 0. The van der Waals surface area contributed by atoms with Crippen LogP contribution in [-0.4, -0.2) is 10.1 Å². The zero-order valence-corrected chi connectivity index (χ0v) is 7.03. The lowest BCUT2D eigenvalue weighted by atomic mass is 10.3. The van der Waals surface area contributed by atoms with Crippen LogP contribution in [0.3, 0.4) is 0 Å². The molecule has 6 heteroatoms. The maximum absolute atomic E-state index is 10.4. The minimum atomic E-state index is -0.450. The molecule has 2 rings (SSSR count). The Kier molecular flexibility index (Phi) is 1.94. The van der Waals surface area contributed by atoms with E-state index in [4.69, 9.17) is 4.63 Å². The number of rotatable bonds is 2. The lowest BCUT2D eigenvalue weighted by Gasteiger charge is -1.91. The number of nitrogens with zero attached hydrogens (tertiary/aromatic N) is 3. The van der Waals surface area contributed by atoms with Gasteiger partial charge >= 0.3 is 0 Å². The van der Waals surface area contributed by atoms with Crippen LogP contribution in [0.1, 0.15) is 0 Å². The van der Waals surface area contributed by atoms with E-state index in [1.807, 2.05) is 0 Å². The van der Waals surface area contributed by atoms with Gasteiger partial charge in [-0.1, -0.05) is 4.63 Å².